The van der Waals surface area contributed by atoms with Crippen molar-refractivity contribution >= 4 is 11.0 Å². The quantitative estimate of drug-likeness (QED) is 0.700. The molecule has 0 aromatic carbocycles. The third-order valence-electron chi connectivity index (χ3n) is 2.28. The lowest BCUT2D eigenvalue weighted by atomic mass is 10.2. The zero-order valence-electron chi connectivity index (χ0n) is 7.81. The summed E-state index contributed by atoms with van der Waals surface area (Å²) in [4.78, 5) is 4.06. The molecule has 0 saturated heterocycles. The minimum Gasteiger partial charge on any atom is -0.262 e. The Hall–Kier alpha value is -1.45. The van der Waals surface area contributed by atoms with Gasteiger partial charge in [0.05, 0.1) is 12.2 Å². The van der Waals surface area contributed by atoms with Gasteiger partial charge < -0.3 is 0 Å². The highest BCUT2D eigenvalue weighted by Gasteiger charge is 2.08. The Morgan fingerprint density at radius 2 is 2.38 bits per heavy atom. The molecule has 0 aliphatic carbocycles. The van der Waals surface area contributed by atoms with E-state index in [1.165, 1.54) is 0 Å². The Bertz CT molecular complexity index is 407. The predicted octanol–water partition coefficient (Wildman–Crippen LogP) is 1.80. The number of pyridine rings is 1. The average molecular weight is 176 g/mol. The number of fused-ring (bicyclic) bond motifs is 1. The van der Waals surface area contributed by atoms with E-state index in [2.05, 4.69) is 29.1 Å². The summed E-state index contributed by atoms with van der Waals surface area (Å²) in [6.45, 7) is 4.26. The van der Waals surface area contributed by atoms with E-state index in [9.17, 15) is 0 Å². The van der Waals surface area contributed by atoms with Gasteiger partial charge in [0.15, 0.2) is 0 Å². The maximum absolute atomic E-state index is 4.09. The van der Waals surface area contributed by atoms with Crippen molar-refractivity contribution in [2.45, 2.75) is 26.3 Å². The number of nitrogens with zero attached hydrogens (tertiary/aromatic N) is 4. The van der Waals surface area contributed by atoms with Crippen LogP contribution in [0.4, 0.5) is 0 Å². The fourth-order valence-corrected chi connectivity index (χ4v) is 1.28. The van der Waals surface area contributed by atoms with Gasteiger partial charge in [0.1, 0.15) is 11.0 Å². The lowest BCUT2D eigenvalue weighted by Gasteiger charge is -2.08. The fraction of sp³-hybridized carbons (Fsp3) is 0.444. The van der Waals surface area contributed by atoms with Gasteiger partial charge in [-0.2, -0.15) is 0 Å². The predicted molar refractivity (Wildman–Crippen MR) is 50.3 cm³/mol. The van der Waals surface area contributed by atoms with Gasteiger partial charge in [-0.05, 0) is 19.4 Å². The first-order valence-electron chi connectivity index (χ1n) is 4.48. The minimum absolute atomic E-state index is 0.384. The molecule has 2 rings (SSSR count). The first-order valence-corrected chi connectivity index (χ1v) is 4.48. The van der Waals surface area contributed by atoms with Crippen LogP contribution in [0.15, 0.2) is 18.5 Å². The molecule has 0 bridgehead atoms. The van der Waals surface area contributed by atoms with Crippen molar-refractivity contribution in [3.63, 3.8) is 0 Å². The van der Waals surface area contributed by atoms with Crippen LogP contribution in [0.5, 0.6) is 0 Å². The van der Waals surface area contributed by atoms with E-state index >= 15 is 0 Å². The van der Waals surface area contributed by atoms with Crippen molar-refractivity contribution in [1.29, 1.82) is 0 Å². The number of aromatic nitrogens is 4. The largest absolute Gasteiger partial charge is 0.262 e. The molecule has 1 atom stereocenters. The van der Waals surface area contributed by atoms with E-state index in [1.54, 1.807) is 6.20 Å². The average Bonchev–Trinajstić information content (AvgIpc) is 2.60. The zero-order chi connectivity index (χ0) is 9.26. The molecule has 0 amide bonds. The summed E-state index contributed by atoms with van der Waals surface area (Å²) in [5.74, 6) is 0. The summed E-state index contributed by atoms with van der Waals surface area (Å²) >= 11 is 0. The van der Waals surface area contributed by atoms with Crippen molar-refractivity contribution in [3.8, 4) is 0 Å². The Balaban J connectivity index is 2.57. The maximum Gasteiger partial charge on any atom is 0.116 e. The number of hydrogen-bond acceptors (Lipinski definition) is 3. The molecule has 4 nitrogen and oxygen atoms in total. The van der Waals surface area contributed by atoms with Crippen LogP contribution in [-0.2, 0) is 0 Å². The molecular formula is C9H12N4. The monoisotopic (exact) mass is 176 g/mol. The summed E-state index contributed by atoms with van der Waals surface area (Å²) in [6.07, 6.45) is 4.59. The van der Waals surface area contributed by atoms with Crippen molar-refractivity contribution in [2.75, 3.05) is 0 Å². The van der Waals surface area contributed by atoms with Crippen LogP contribution in [0.25, 0.3) is 11.0 Å². The molecule has 4 heteroatoms. The molecule has 0 fully saturated rings. The lowest BCUT2D eigenvalue weighted by Crippen LogP contribution is -2.05. The molecule has 1 unspecified atom stereocenters. The SMILES string of the molecule is CCC(C)n1nnc2ccncc21. The molecule has 0 aliphatic rings. The van der Waals surface area contributed by atoms with Crippen molar-refractivity contribution in [2.24, 2.45) is 0 Å². The highest BCUT2D eigenvalue weighted by atomic mass is 15.4. The summed E-state index contributed by atoms with van der Waals surface area (Å²) in [5, 5.41) is 8.15. The highest BCUT2D eigenvalue weighted by Crippen LogP contribution is 2.15. The fourth-order valence-electron chi connectivity index (χ4n) is 1.28. The molecule has 2 aromatic heterocycles. The third kappa shape index (κ3) is 1.28. The van der Waals surface area contributed by atoms with E-state index in [4.69, 9.17) is 0 Å². The highest BCUT2D eigenvalue weighted by molar-refractivity contribution is 5.72. The molecule has 0 spiro atoms. The summed E-state index contributed by atoms with van der Waals surface area (Å²) in [7, 11) is 0. The van der Waals surface area contributed by atoms with Gasteiger partial charge in [-0.3, -0.25) is 4.98 Å². The van der Waals surface area contributed by atoms with E-state index in [0.717, 1.165) is 17.5 Å². The van der Waals surface area contributed by atoms with Crippen LogP contribution in [0.3, 0.4) is 0 Å². The van der Waals surface area contributed by atoms with Crippen molar-refractivity contribution < 1.29 is 0 Å². The molecule has 13 heavy (non-hydrogen) atoms. The molecule has 0 radical (unpaired) electrons. The smallest absolute Gasteiger partial charge is 0.116 e. The Labute approximate surface area is 76.6 Å². The first kappa shape index (κ1) is 8.16. The summed E-state index contributed by atoms with van der Waals surface area (Å²) < 4.78 is 1.92. The van der Waals surface area contributed by atoms with Crippen LogP contribution < -0.4 is 0 Å². The Kier molecular flexibility index (Phi) is 1.96. The van der Waals surface area contributed by atoms with Gasteiger partial charge in [0.2, 0.25) is 0 Å². The van der Waals surface area contributed by atoms with Gasteiger partial charge in [-0.1, -0.05) is 12.1 Å². The van der Waals surface area contributed by atoms with Crippen LogP contribution in [0.1, 0.15) is 26.3 Å². The van der Waals surface area contributed by atoms with Gasteiger partial charge >= 0.3 is 0 Å². The van der Waals surface area contributed by atoms with Gasteiger partial charge in [0, 0.05) is 6.20 Å². The Morgan fingerprint density at radius 1 is 1.54 bits per heavy atom. The van der Waals surface area contributed by atoms with Crippen molar-refractivity contribution in [3.05, 3.63) is 18.5 Å². The van der Waals surface area contributed by atoms with E-state index < -0.39 is 0 Å². The van der Waals surface area contributed by atoms with Crippen LogP contribution in [-0.4, -0.2) is 20.0 Å². The second-order valence-electron chi connectivity index (χ2n) is 3.16. The molecule has 68 valence electrons. The molecule has 0 aliphatic heterocycles. The van der Waals surface area contributed by atoms with Gasteiger partial charge in [-0.25, -0.2) is 4.68 Å². The first-order chi connectivity index (χ1) is 6.33. The number of hydrogen-bond donors (Lipinski definition) is 0. The second-order valence-corrected chi connectivity index (χ2v) is 3.16. The van der Waals surface area contributed by atoms with Gasteiger partial charge in [0.25, 0.3) is 0 Å². The molecule has 0 saturated carbocycles. The standard InChI is InChI=1S/C9H12N4/c1-3-7(2)13-9-6-10-5-4-8(9)11-12-13/h4-7H,3H2,1-2H3. The molecule has 2 heterocycles. The zero-order valence-corrected chi connectivity index (χ0v) is 7.81. The van der Waals surface area contributed by atoms with Crippen LogP contribution in [0, 0.1) is 0 Å². The maximum atomic E-state index is 4.09. The van der Waals surface area contributed by atoms with Gasteiger partial charge in [-0.15, -0.1) is 5.10 Å². The van der Waals surface area contributed by atoms with E-state index in [1.807, 2.05) is 16.9 Å². The number of rotatable bonds is 2. The van der Waals surface area contributed by atoms with E-state index in [-0.39, 0.29) is 0 Å². The minimum atomic E-state index is 0.384. The van der Waals surface area contributed by atoms with Crippen molar-refractivity contribution in [1.82, 2.24) is 20.0 Å². The van der Waals surface area contributed by atoms with Crippen LogP contribution in [0.2, 0.25) is 0 Å². The third-order valence-corrected chi connectivity index (χ3v) is 2.28. The second kappa shape index (κ2) is 3.12. The normalized spacial score (nSPS) is 13.4. The molecular weight excluding hydrogens is 164 g/mol. The van der Waals surface area contributed by atoms with E-state index in [0.29, 0.717) is 6.04 Å². The Morgan fingerprint density at radius 3 is 3.15 bits per heavy atom. The topological polar surface area (TPSA) is 43.6 Å². The summed E-state index contributed by atoms with van der Waals surface area (Å²) in [5.41, 5.74) is 1.92. The lowest BCUT2D eigenvalue weighted by molar-refractivity contribution is 0.477. The molecule has 0 N–H and O–H groups in total. The van der Waals surface area contributed by atoms with Crippen LogP contribution >= 0.6 is 0 Å². The summed E-state index contributed by atoms with van der Waals surface area (Å²) in [6, 6.07) is 2.26. The molecule has 2 aromatic rings.